The SMILES string of the molecule is CCC(C)CC(NC)C1=CCCCCC1. The molecule has 2 atom stereocenters. The lowest BCUT2D eigenvalue weighted by Gasteiger charge is -2.22. The van der Waals surface area contributed by atoms with Crippen LogP contribution in [-0.2, 0) is 0 Å². The largest absolute Gasteiger partial charge is 0.313 e. The molecule has 1 nitrogen and oxygen atoms in total. The average Bonchev–Trinajstić information content (AvgIpc) is 2.54. The van der Waals surface area contributed by atoms with Gasteiger partial charge in [0, 0.05) is 6.04 Å². The average molecular weight is 209 g/mol. The van der Waals surface area contributed by atoms with E-state index in [0.717, 1.165) is 5.92 Å². The van der Waals surface area contributed by atoms with Crippen molar-refractivity contribution in [1.29, 1.82) is 0 Å². The molecule has 0 saturated heterocycles. The third-order valence-electron chi connectivity index (χ3n) is 3.71. The first-order chi connectivity index (χ1) is 7.27. The summed E-state index contributed by atoms with van der Waals surface area (Å²) in [5, 5.41) is 3.50. The fourth-order valence-electron chi connectivity index (χ4n) is 2.38. The quantitative estimate of drug-likeness (QED) is 0.677. The summed E-state index contributed by atoms with van der Waals surface area (Å²) in [6, 6.07) is 0.637. The number of likely N-dealkylation sites (N-methyl/N-ethyl adjacent to an activating group) is 1. The van der Waals surface area contributed by atoms with E-state index < -0.39 is 0 Å². The van der Waals surface area contributed by atoms with Gasteiger partial charge in [-0.2, -0.15) is 0 Å². The number of allylic oxidation sites excluding steroid dienone is 1. The molecule has 0 aliphatic heterocycles. The second-order valence-electron chi connectivity index (χ2n) is 4.97. The summed E-state index contributed by atoms with van der Waals surface area (Å²) < 4.78 is 0. The van der Waals surface area contributed by atoms with E-state index in [1.165, 1.54) is 44.9 Å². The maximum absolute atomic E-state index is 3.50. The van der Waals surface area contributed by atoms with Gasteiger partial charge in [-0.05, 0) is 45.1 Å². The van der Waals surface area contributed by atoms with E-state index in [4.69, 9.17) is 0 Å². The van der Waals surface area contributed by atoms with Crippen LogP contribution in [0.1, 0.15) is 58.8 Å². The molecule has 0 heterocycles. The zero-order valence-electron chi connectivity index (χ0n) is 10.7. The number of nitrogens with one attached hydrogen (secondary N) is 1. The molecular formula is C14H27N. The van der Waals surface area contributed by atoms with Crippen molar-refractivity contribution >= 4 is 0 Å². The number of hydrogen-bond donors (Lipinski definition) is 1. The van der Waals surface area contributed by atoms with Gasteiger partial charge in [0.2, 0.25) is 0 Å². The van der Waals surface area contributed by atoms with Gasteiger partial charge in [-0.25, -0.2) is 0 Å². The Labute approximate surface area is 95.3 Å². The van der Waals surface area contributed by atoms with Gasteiger partial charge in [-0.15, -0.1) is 0 Å². The van der Waals surface area contributed by atoms with Crippen molar-refractivity contribution in [3.8, 4) is 0 Å². The van der Waals surface area contributed by atoms with E-state index in [2.05, 4.69) is 32.3 Å². The van der Waals surface area contributed by atoms with E-state index in [1.54, 1.807) is 5.57 Å². The molecule has 0 aromatic heterocycles. The Kier molecular flexibility index (Phi) is 6.00. The third kappa shape index (κ3) is 4.38. The Hall–Kier alpha value is -0.300. The summed E-state index contributed by atoms with van der Waals surface area (Å²) >= 11 is 0. The first-order valence-electron chi connectivity index (χ1n) is 6.64. The molecule has 0 aromatic rings. The van der Waals surface area contributed by atoms with Crippen LogP contribution in [0.2, 0.25) is 0 Å². The Bertz CT molecular complexity index is 196. The van der Waals surface area contributed by atoms with Crippen LogP contribution in [-0.4, -0.2) is 13.1 Å². The molecule has 15 heavy (non-hydrogen) atoms. The fourth-order valence-corrected chi connectivity index (χ4v) is 2.38. The molecule has 1 N–H and O–H groups in total. The molecule has 1 heteroatoms. The molecule has 1 rings (SSSR count). The van der Waals surface area contributed by atoms with Gasteiger partial charge in [0.15, 0.2) is 0 Å². The minimum absolute atomic E-state index is 0.637. The lowest BCUT2D eigenvalue weighted by Crippen LogP contribution is -2.29. The molecule has 1 aliphatic rings. The van der Waals surface area contributed by atoms with Crippen molar-refractivity contribution in [2.24, 2.45) is 5.92 Å². The minimum Gasteiger partial charge on any atom is -0.313 e. The second kappa shape index (κ2) is 7.05. The molecule has 0 saturated carbocycles. The van der Waals surface area contributed by atoms with Crippen LogP contribution in [0.15, 0.2) is 11.6 Å². The predicted molar refractivity (Wildman–Crippen MR) is 68.1 cm³/mol. The van der Waals surface area contributed by atoms with Crippen LogP contribution in [0, 0.1) is 5.92 Å². The van der Waals surface area contributed by atoms with Crippen LogP contribution < -0.4 is 5.32 Å². The summed E-state index contributed by atoms with van der Waals surface area (Å²) in [4.78, 5) is 0. The van der Waals surface area contributed by atoms with Crippen molar-refractivity contribution in [2.45, 2.75) is 64.8 Å². The molecule has 2 unspecified atom stereocenters. The molecule has 88 valence electrons. The molecule has 0 spiro atoms. The maximum Gasteiger partial charge on any atom is 0.0279 e. The van der Waals surface area contributed by atoms with Crippen LogP contribution in [0.5, 0.6) is 0 Å². The number of rotatable bonds is 5. The van der Waals surface area contributed by atoms with Gasteiger partial charge in [-0.1, -0.05) is 38.3 Å². The van der Waals surface area contributed by atoms with E-state index in [9.17, 15) is 0 Å². The van der Waals surface area contributed by atoms with Crippen molar-refractivity contribution < 1.29 is 0 Å². The normalized spacial score (nSPS) is 21.7. The van der Waals surface area contributed by atoms with Crippen molar-refractivity contribution in [2.75, 3.05) is 7.05 Å². The molecule has 0 bridgehead atoms. The van der Waals surface area contributed by atoms with Crippen LogP contribution in [0.25, 0.3) is 0 Å². The standard InChI is InChI=1S/C14H27N/c1-4-12(2)11-14(15-3)13-9-7-5-6-8-10-13/h9,12,14-15H,4-8,10-11H2,1-3H3. The number of hydrogen-bond acceptors (Lipinski definition) is 1. The Balaban J connectivity index is 2.51. The first-order valence-corrected chi connectivity index (χ1v) is 6.64. The van der Waals surface area contributed by atoms with Gasteiger partial charge >= 0.3 is 0 Å². The van der Waals surface area contributed by atoms with Crippen LogP contribution >= 0.6 is 0 Å². The highest BCUT2D eigenvalue weighted by Crippen LogP contribution is 2.23. The van der Waals surface area contributed by atoms with Gasteiger partial charge in [0.25, 0.3) is 0 Å². The van der Waals surface area contributed by atoms with Crippen LogP contribution in [0.4, 0.5) is 0 Å². The summed E-state index contributed by atoms with van der Waals surface area (Å²) in [7, 11) is 2.11. The molecule has 0 aromatic carbocycles. The molecule has 0 fully saturated rings. The van der Waals surface area contributed by atoms with Gasteiger partial charge in [-0.3, -0.25) is 0 Å². The summed E-state index contributed by atoms with van der Waals surface area (Å²) in [6.07, 6.45) is 11.9. The zero-order chi connectivity index (χ0) is 11.1. The van der Waals surface area contributed by atoms with Gasteiger partial charge in [0.05, 0.1) is 0 Å². The smallest absolute Gasteiger partial charge is 0.0279 e. The van der Waals surface area contributed by atoms with Gasteiger partial charge < -0.3 is 5.32 Å². The lowest BCUT2D eigenvalue weighted by atomic mass is 9.92. The van der Waals surface area contributed by atoms with Crippen molar-refractivity contribution in [1.82, 2.24) is 5.32 Å². The molecule has 1 aliphatic carbocycles. The maximum atomic E-state index is 3.50. The Morgan fingerprint density at radius 2 is 2.13 bits per heavy atom. The highest BCUT2D eigenvalue weighted by Gasteiger charge is 2.15. The molecule has 0 radical (unpaired) electrons. The van der Waals surface area contributed by atoms with E-state index in [1.807, 2.05) is 0 Å². The molecular weight excluding hydrogens is 182 g/mol. The Morgan fingerprint density at radius 3 is 2.80 bits per heavy atom. The topological polar surface area (TPSA) is 12.0 Å². The van der Waals surface area contributed by atoms with E-state index in [0.29, 0.717) is 6.04 Å². The minimum atomic E-state index is 0.637. The predicted octanol–water partition coefficient (Wildman–Crippen LogP) is 3.90. The van der Waals surface area contributed by atoms with Crippen molar-refractivity contribution in [3.63, 3.8) is 0 Å². The summed E-state index contributed by atoms with van der Waals surface area (Å²) in [5.41, 5.74) is 1.68. The van der Waals surface area contributed by atoms with Gasteiger partial charge in [0.1, 0.15) is 0 Å². The van der Waals surface area contributed by atoms with Crippen molar-refractivity contribution in [3.05, 3.63) is 11.6 Å². The second-order valence-corrected chi connectivity index (χ2v) is 4.97. The lowest BCUT2D eigenvalue weighted by molar-refractivity contribution is 0.437. The van der Waals surface area contributed by atoms with Crippen LogP contribution in [0.3, 0.4) is 0 Å². The fraction of sp³-hybridized carbons (Fsp3) is 0.857. The highest BCUT2D eigenvalue weighted by molar-refractivity contribution is 5.12. The monoisotopic (exact) mass is 209 g/mol. The third-order valence-corrected chi connectivity index (χ3v) is 3.71. The first kappa shape index (κ1) is 12.8. The zero-order valence-corrected chi connectivity index (χ0v) is 10.7. The summed E-state index contributed by atoms with van der Waals surface area (Å²) in [5.74, 6) is 0.839. The van der Waals surface area contributed by atoms with E-state index >= 15 is 0 Å². The Morgan fingerprint density at radius 1 is 1.33 bits per heavy atom. The molecule has 0 amide bonds. The highest BCUT2D eigenvalue weighted by atomic mass is 14.9. The van der Waals surface area contributed by atoms with E-state index in [-0.39, 0.29) is 0 Å². The summed E-state index contributed by atoms with van der Waals surface area (Å²) in [6.45, 7) is 4.65.